The zero-order chi connectivity index (χ0) is 18.4. The molecule has 4 rings (SSSR count). The number of hydrogen-bond donors (Lipinski definition) is 2. The monoisotopic (exact) mass is 353 g/mol. The van der Waals surface area contributed by atoms with Gasteiger partial charge in [-0.1, -0.05) is 18.2 Å². The fraction of sp³-hybridized carbons (Fsp3) is 0.316. The molecule has 1 fully saturated rings. The molecule has 1 aromatic carbocycles. The maximum atomic E-state index is 14.0. The second kappa shape index (κ2) is 6.09. The van der Waals surface area contributed by atoms with Gasteiger partial charge in [-0.15, -0.1) is 0 Å². The Labute approximate surface area is 149 Å². The standard InChI is InChI=1S/C19H20FN5O/c1-10-4-3-5-12-8-15(25(13-6-7-13)18(26)16(10)12)11(2)23-17-14(20)9-22-19(21)24-17/h3-5,8-9,11,13H,6-7H2,1-2H3,(H3,21,22,23,24)/t11-/m0/s1. The van der Waals surface area contributed by atoms with Crippen LogP contribution in [-0.2, 0) is 0 Å². The Hall–Kier alpha value is -2.96. The number of rotatable bonds is 4. The lowest BCUT2D eigenvalue weighted by molar-refractivity contribution is 0.604. The third kappa shape index (κ3) is 2.79. The zero-order valence-electron chi connectivity index (χ0n) is 14.7. The predicted octanol–water partition coefficient (Wildman–Crippen LogP) is 3.33. The van der Waals surface area contributed by atoms with Crippen molar-refractivity contribution < 1.29 is 4.39 Å². The first kappa shape index (κ1) is 16.5. The van der Waals surface area contributed by atoms with Gasteiger partial charge in [-0.25, -0.2) is 9.37 Å². The summed E-state index contributed by atoms with van der Waals surface area (Å²) in [5.41, 5.74) is 7.34. The van der Waals surface area contributed by atoms with Crippen LogP contribution in [-0.4, -0.2) is 14.5 Å². The summed E-state index contributed by atoms with van der Waals surface area (Å²) in [6.07, 6.45) is 2.99. The maximum Gasteiger partial charge on any atom is 0.259 e. The van der Waals surface area contributed by atoms with Gasteiger partial charge in [0.05, 0.1) is 17.6 Å². The molecule has 7 heteroatoms. The summed E-state index contributed by atoms with van der Waals surface area (Å²) in [6, 6.07) is 7.69. The number of nitrogens with zero attached hydrogens (tertiary/aromatic N) is 3. The van der Waals surface area contributed by atoms with Gasteiger partial charge in [-0.3, -0.25) is 4.79 Å². The van der Waals surface area contributed by atoms with Gasteiger partial charge in [0.15, 0.2) is 11.6 Å². The molecule has 0 radical (unpaired) electrons. The molecule has 0 aliphatic heterocycles. The van der Waals surface area contributed by atoms with Crippen molar-refractivity contribution in [2.45, 2.75) is 38.8 Å². The summed E-state index contributed by atoms with van der Waals surface area (Å²) >= 11 is 0. The van der Waals surface area contributed by atoms with E-state index in [4.69, 9.17) is 5.73 Å². The van der Waals surface area contributed by atoms with Crippen LogP contribution in [0.15, 0.2) is 35.3 Å². The van der Waals surface area contributed by atoms with E-state index in [9.17, 15) is 9.18 Å². The highest BCUT2D eigenvalue weighted by Gasteiger charge is 2.29. The highest BCUT2D eigenvalue weighted by atomic mass is 19.1. The minimum Gasteiger partial charge on any atom is -0.368 e. The number of aromatic nitrogens is 3. The second-order valence-corrected chi connectivity index (χ2v) is 6.81. The van der Waals surface area contributed by atoms with E-state index < -0.39 is 5.82 Å². The average molecular weight is 353 g/mol. The molecular weight excluding hydrogens is 333 g/mol. The molecule has 0 spiro atoms. The molecule has 0 bridgehead atoms. The normalized spacial score (nSPS) is 15.2. The third-order valence-electron chi connectivity index (χ3n) is 4.79. The molecule has 3 aromatic rings. The van der Waals surface area contributed by atoms with Gasteiger partial charge >= 0.3 is 0 Å². The molecule has 6 nitrogen and oxygen atoms in total. The highest BCUT2D eigenvalue weighted by Crippen LogP contribution is 2.37. The molecule has 134 valence electrons. The summed E-state index contributed by atoms with van der Waals surface area (Å²) < 4.78 is 15.8. The average Bonchev–Trinajstić information content (AvgIpc) is 3.42. The largest absolute Gasteiger partial charge is 0.368 e. The molecule has 2 aromatic heterocycles. The van der Waals surface area contributed by atoms with Crippen molar-refractivity contribution in [1.82, 2.24) is 14.5 Å². The van der Waals surface area contributed by atoms with Gasteiger partial charge < -0.3 is 15.6 Å². The Kier molecular flexibility index (Phi) is 3.86. The van der Waals surface area contributed by atoms with Crippen LogP contribution in [0.1, 0.15) is 43.1 Å². The summed E-state index contributed by atoms with van der Waals surface area (Å²) in [6.45, 7) is 3.83. The van der Waals surface area contributed by atoms with Crippen molar-refractivity contribution in [3.05, 3.63) is 57.9 Å². The summed E-state index contributed by atoms with van der Waals surface area (Å²) in [4.78, 5) is 20.7. The molecule has 2 heterocycles. The van der Waals surface area contributed by atoms with E-state index in [2.05, 4.69) is 15.3 Å². The minimum atomic E-state index is -0.581. The number of pyridine rings is 1. The second-order valence-electron chi connectivity index (χ2n) is 6.81. The van der Waals surface area contributed by atoms with Crippen LogP contribution in [0.3, 0.4) is 0 Å². The Bertz CT molecular complexity index is 1060. The highest BCUT2D eigenvalue weighted by molar-refractivity contribution is 5.85. The molecule has 1 saturated carbocycles. The molecule has 3 N–H and O–H groups in total. The zero-order valence-corrected chi connectivity index (χ0v) is 14.7. The van der Waals surface area contributed by atoms with Crippen molar-refractivity contribution in [2.24, 2.45) is 0 Å². The number of nitrogen functional groups attached to an aromatic ring is 1. The number of benzene rings is 1. The SMILES string of the molecule is Cc1cccc2cc([C@H](C)Nc3nc(N)ncc3F)n(C3CC3)c(=O)c12. The summed E-state index contributed by atoms with van der Waals surface area (Å²) in [5.74, 6) is -0.554. The fourth-order valence-corrected chi connectivity index (χ4v) is 3.37. The lowest BCUT2D eigenvalue weighted by atomic mass is 10.0. The Balaban J connectivity index is 1.84. The van der Waals surface area contributed by atoms with E-state index >= 15 is 0 Å². The van der Waals surface area contributed by atoms with Crippen LogP contribution in [0.25, 0.3) is 10.8 Å². The van der Waals surface area contributed by atoms with E-state index in [0.29, 0.717) is 0 Å². The molecule has 0 amide bonds. The quantitative estimate of drug-likeness (QED) is 0.751. The number of nitrogens with one attached hydrogen (secondary N) is 1. The Morgan fingerprint density at radius 1 is 1.38 bits per heavy atom. The van der Waals surface area contributed by atoms with Crippen LogP contribution < -0.4 is 16.6 Å². The summed E-state index contributed by atoms with van der Waals surface area (Å²) in [5, 5.41) is 4.66. The van der Waals surface area contributed by atoms with Crippen molar-refractivity contribution in [1.29, 1.82) is 0 Å². The molecule has 0 unspecified atom stereocenters. The van der Waals surface area contributed by atoms with E-state index in [1.54, 1.807) is 0 Å². The number of nitrogens with two attached hydrogens (primary N) is 1. The molecule has 1 aliphatic carbocycles. The molecule has 26 heavy (non-hydrogen) atoms. The predicted molar refractivity (Wildman–Crippen MR) is 99.7 cm³/mol. The van der Waals surface area contributed by atoms with Crippen molar-refractivity contribution in [3.63, 3.8) is 0 Å². The first-order chi connectivity index (χ1) is 12.5. The van der Waals surface area contributed by atoms with Crippen LogP contribution in [0, 0.1) is 12.7 Å². The van der Waals surface area contributed by atoms with Crippen molar-refractivity contribution in [2.75, 3.05) is 11.1 Å². The molecule has 1 atom stereocenters. The molecule has 0 saturated heterocycles. The first-order valence-corrected chi connectivity index (χ1v) is 8.65. The Morgan fingerprint density at radius 3 is 2.88 bits per heavy atom. The summed E-state index contributed by atoms with van der Waals surface area (Å²) in [7, 11) is 0. The van der Waals surface area contributed by atoms with E-state index in [1.807, 2.05) is 42.7 Å². The van der Waals surface area contributed by atoms with Crippen molar-refractivity contribution >= 4 is 22.5 Å². The van der Waals surface area contributed by atoms with Crippen LogP contribution in [0.4, 0.5) is 16.2 Å². The van der Waals surface area contributed by atoms with E-state index in [0.717, 1.165) is 41.1 Å². The lowest BCUT2D eigenvalue weighted by Crippen LogP contribution is -2.27. The van der Waals surface area contributed by atoms with Gasteiger partial charge in [0.25, 0.3) is 5.56 Å². The number of halogens is 1. The molecule has 1 aliphatic rings. The molecular formula is C19H20FN5O. The van der Waals surface area contributed by atoms with Gasteiger partial charge in [0.1, 0.15) is 0 Å². The van der Waals surface area contributed by atoms with Crippen LogP contribution >= 0.6 is 0 Å². The van der Waals surface area contributed by atoms with Crippen LogP contribution in [0.5, 0.6) is 0 Å². The van der Waals surface area contributed by atoms with Crippen molar-refractivity contribution in [3.8, 4) is 0 Å². The Morgan fingerprint density at radius 2 is 2.15 bits per heavy atom. The smallest absolute Gasteiger partial charge is 0.259 e. The first-order valence-electron chi connectivity index (χ1n) is 8.65. The van der Waals surface area contributed by atoms with Gasteiger partial charge in [-0.2, -0.15) is 4.98 Å². The topological polar surface area (TPSA) is 85.8 Å². The van der Waals surface area contributed by atoms with E-state index in [1.165, 1.54) is 0 Å². The minimum absolute atomic E-state index is 0.00480. The van der Waals surface area contributed by atoms with Crippen LogP contribution in [0.2, 0.25) is 0 Å². The maximum absolute atomic E-state index is 14.0. The van der Waals surface area contributed by atoms with E-state index in [-0.39, 0.29) is 29.4 Å². The number of aryl methyl sites for hydroxylation is 1. The fourth-order valence-electron chi connectivity index (χ4n) is 3.37. The number of anilines is 2. The van der Waals surface area contributed by atoms with Gasteiger partial charge in [-0.05, 0) is 43.7 Å². The number of hydrogen-bond acceptors (Lipinski definition) is 5. The number of fused-ring (bicyclic) bond motifs is 1. The van der Waals surface area contributed by atoms with Gasteiger partial charge in [0.2, 0.25) is 5.95 Å². The lowest BCUT2D eigenvalue weighted by Gasteiger charge is -2.21. The third-order valence-corrected chi connectivity index (χ3v) is 4.79. The van der Waals surface area contributed by atoms with Gasteiger partial charge in [0, 0.05) is 11.7 Å².